The molecule has 0 saturated carbocycles. The summed E-state index contributed by atoms with van der Waals surface area (Å²) in [6.45, 7) is 1.93. The lowest BCUT2D eigenvalue weighted by Gasteiger charge is -2.13. The molecule has 1 N–H and O–H groups in total. The van der Waals surface area contributed by atoms with E-state index in [2.05, 4.69) is 15.4 Å². The molecule has 32 heavy (non-hydrogen) atoms. The van der Waals surface area contributed by atoms with E-state index in [0.717, 1.165) is 5.69 Å². The molecule has 4 rings (SSSR count). The second kappa shape index (κ2) is 8.93. The molecule has 9 heteroatoms. The van der Waals surface area contributed by atoms with Crippen LogP contribution >= 0.6 is 0 Å². The molecule has 0 aliphatic heterocycles. The zero-order valence-electron chi connectivity index (χ0n) is 18.0. The number of anilines is 1. The topological polar surface area (TPSA) is 100 Å². The zero-order chi connectivity index (χ0) is 22.7. The van der Waals surface area contributed by atoms with Gasteiger partial charge < -0.3 is 14.8 Å². The highest BCUT2D eigenvalue weighted by molar-refractivity contribution is 5.92. The van der Waals surface area contributed by atoms with Gasteiger partial charge in [-0.05, 0) is 31.2 Å². The van der Waals surface area contributed by atoms with Gasteiger partial charge in [-0.2, -0.15) is 5.10 Å². The summed E-state index contributed by atoms with van der Waals surface area (Å²) < 4.78 is 13.6. The Balaban J connectivity index is 1.55. The number of carbonyl (C=O) groups excluding carboxylic acids is 1. The van der Waals surface area contributed by atoms with Crippen molar-refractivity contribution in [2.45, 2.75) is 19.9 Å². The van der Waals surface area contributed by atoms with Crippen LogP contribution in [-0.2, 0) is 11.3 Å². The van der Waals surface area contributed by atoms with E-state index < -0.39 is 0 Å². The number of methoxy groups -OCH3 is 2. The van der Waals surface area contributed by atoms with E-state index >= 15 is 0 Å². The van der Waals surface area contributed by atoms with Gasteiger partial charge in [-0.25, -0.2) is 9.67 Å². The number of rotatable bonds is 7. The number of ether oxygens (including phenoxy) is 2. The van der Waals surface area contributed by atoms with Crippen LogP contribution in [0.5, 0.6) is 11.5 Å². The number of aromatic nitrogens is 4. The molecule has 0 radical (unpaired) electrons. The van der Waals surface area contributed by atoms with E-state index in [1.807, 2.05) is 30.3 Å². The standard InChI is InChI=1S/C23H23N5O4/c1-15-25-22-18(14-24-28(22)16-7-5-4-6-8-16)23(30)27(15)12-11-21(29)26-19-13-17(31-2)9-10-20(19)32-3/h4-10,13-14H,11-12H2,1-3H3,(H,26,29). The highest BCUT2D eigenvalue weighted by Gasteiger charge is 2.15. The number of amides is 1. The summed E-state index contributed by atoms with van der Waals surface area (Å²) in [5, 5.41) is 7.54. The third-order valence-corrected chi connectivity index (χ3v) is 5.12. The van der Waals surface area contributed by atoms with Gasteiger partial charge in [0.25, 0.3) is 5.56 Å². The molecule has 0 spiro atoms. The normalized spacial score (nSPS) is 10.8. The minimum absolute atomic E-state index is 0.0844. The van der Waals surface area contributed by atoms with Crippen molar-refractivity contribution in [3.8, 4) is 17.2 Å². The van der Waals surface area contributed by atoms with E-state index in [1.54, 1.807) is 36.9 Å². The first-order valence-corrected chi connectivity index (χ1v) is 10.0. The molecule has 1 amide bonds. The van der Waals surface area contributed by atoms with Gasteiger partial charge in [-0.15, -0.1) is 0 Å². The molecule has 2 heterocycles. The Kier molecular flexibility index (Phi) is 5.89. The summed E-state index contributed by atoms with van der Waals surface area (Å²) in [6.07, 6.45) is 1.59. The Morgan fingerprint density at radius 3 is 2.59 bits per heavy atom. The van der Waals surface area contributed by atoms with Gasteiger partial charge in [0.1, 0.15) is 22.7 Å². The minimum atomic E-state index is -0.261. The van der Waals surface area contributed by atoms with Gasteiger partial charge >= 0.3 is 0 Å². The van der Waals surface area contributed by atoms with Crippen molar-refractivity contribution in [2.75, 3.05) is 19.5 Å². The highest BCUT2D eigenvalue weighted by atomic mass is 16.5. The monoisotopic (exact) mass is 433 g/mol. The third kappa shape index (κ3) is 4.04. The fourth-order valence-corrected chi connectivity index (χ4v) is 3.47. The molecule has 0 unspecified atom stereocenters. The van der Waals surface area contributed by atoms with E-state index in [4.69, 9.17) is 9.47 Å². The molecule has 0 fully saturated rings. The average molecular weight is 433 g/mol. The molecule has 2 aromatic heterocycles. The van der Waals surface area contributed by atoms with Gasteiger partial charge in [-0.3, -0.25) is 14.2 Å². The maximum absolute atomic E-state index is 13.1. The van der Waals surface area contributed by atoms with Gasteiger partial charge in [0.2, 0.25) is 5.91 Å². The van der Waals surface area contributed by atoms with Crippen LogP contribution in [0.3, 0.4) is 0 Å². The fourth-order valence-electron chi connectivity index (χ4n) is 3.47. The number of aryl methyl sites for hydroxylation is 1. The number of para-hydroxylation sites is 1. The maximum atomic E-state index is 13.1. The SMILES string of the molecule is COc1ccc(OC)c(NC(=O)CCn2c(C)nc3c(cnn3-c3ccccc3)c2=O)c1. The lowest BCUT2D eigenvalue weighted by atomic mass is 10.2. The Bertz CT molecular complexity index is 1330. The summed E-state index contributed by atoms with van der Waals surface area (Å²) in [7, 11) is 3.07. The number of hydrogen-bond acceptors (Lipinski definition) is 6. The van der Waals surface area contributed by atoms with Crippen molar-refractivity contribution in [3.05, 3.63) is 70.9 Å². The van der Waals surface area contributed by atoms with Crippen molar-refractivity contribution in [2.24, 2.45) is 0 Å². The Hall–Kier alpha value is -4.14. The lowest BCUT2D eigenvalue weighted by molar-refractivity contribution is -0.116. The van der Waals surface area contributed by atoms with Gasteiger partial charge in [-0.1, -0.05) is 18.2 Å². The minimum Gasteiger partial charge on any atom is -0.497 e. The van der Waals surface area contributed by atoms with Crippen LogP contribution in [-0.4, -0.2) is 39.5 Å². The zero-order valence-corrected chi connectivity index (χ0v) is 18.0. The first kappa shape index (κ1) is 21.1. The fraction of sp³-hybridized carbons (Fsp3) is 0.217. The van der Waals surface area contributed by atoms with Crippen molar-refractivity contribution in [1.82, 2.24) is 19.3 Å². The average Bonchev–Trinajstić information content (AvgIpc) is 3.23. The summed E-state index contributed by atoms with van der Waals surface area (Å²) in [4.78, 5) is 30.2. The second-order valence-corrected chi connectivity index (χ2v) is 7.11. The van der Waals surface area contributed by atoms with Crippen molar-refractivity contribution in [3.63, 3.8) is 0 Å². The summed E-state index contributed by atoms with van der Waals surface area (Å²) in [6, 6.07) is 14.6. The second-order valence-electron chi connectivity index (χ2n) is 7.11. The first-order chi connectivity index (χ1) is 15.5. The molecular formula is C23H23N5O4. The molecule has 2 aromatic carbocycles. The van der Waals surface area contributed by atoms with Crippen molar-refractivity contribution < 1.29 is 14.3 Å². The highest BCUT2D eigenvalue weighted by Crippen LogP contribution is 2.29. The van der Waals surface area contributed by atoms with Gasteiger partial charge in [0.05, 0.1) is 31.8 Å². The largest absolute Gasteiger partial charge is 0.497 e. The summed E-state index contributed by atoms with van der Waals surface area (Å²) in [5.74, 6) is 1.36. The smallest absolute Gasteiger partial charge is 0.264 e. The van der Waals surface area contributed by atoms with Crippen LogP contribution in [0.25, 0.3) is 16.7 Å². The molecule has 4 aromatic rings. The molecule has 0 atom stereocenters. The summed E-state index contributed by atoms with van der Waals surface area (Å²) in [5.41, 5.74) is 1.57. The molecule has 9 nitrogen and oxygen atoms in total. The lowest BCUT2D eigenvalue weighted by Crippen LogP contribution is -2.26. The molecule has 0 saturated heterocycles. The molecule has 164 valence electrons. The number of hydrogen-bond donors (Lipinski definition) is 1. The molecule has 0 aliphatic rings. The predicted molar refractivity (Wildman–Crippen MR) is 121 cm³/mol. The number of fused-ring (bicyclic) bond motifs is 1. The van der Waals surface area contributed by atoms with Crippen LogP contribution in [0.4, 0.5) is 5.69 Å². The summed E-state index contributed by atoms with van der Waals surface area (Å²) >= 11 is 0. The van der Waals surface area contributed by atoms with Crippen LogP contribution < -0.4 is 20.3 Å². The quantitative estimate of drug-likeness (QED) is 0.481. The van der Waals surface area contributed by atoms with E-state index in [0.29, 0.717) is 34.0 Å². The van der Waals surface area contributed by atoms with E-state index in [-0.39, 0.29) is 24.4 Å². The molecule has 0 bridgehead atoms. The maximum Gasteiger partial charge on any atom is 0.264 e. The van der Waals surface area contributed by atoms with Gasteiger partial charge in [0.15, 0.2) is 5.65 Å². The molecule has 0 aliphatic carbocycles. The number of benzene rings is 2. The van der Waals surface area contributed by atoms with Crippen LogP contribution in [0.1, 0.15) is 12.2 Å². The van der Waals surface area contributed by atoms with Crippen molar-refractivity contribution >= 4 is 22.6 Å². The predicted octanol–water partition coefficient (Wildman–Crippen LogP) is 2.94. The molecular weight excluding hydrogens is 410 g/mol. The number of nitrogens with one attached hydrogen (secondary N) is 1. The Morgan fingerprint density at radius 2 is 1.88 bits per heavy atom. The van der Waals surface area contributed by atoms with Gasteiger partial charge in [0, 0.05) is 19.0 Å². The Labute approximate surface area is 184 Å². The van der Waals surface area contributed by atoms with Crippen LogP contribution in [0.2, 0.25) is 0 Å². The number of carbonyl (C=O) groups is 1. The first-order valence-electron chi connectivity index (χ1n) is 10.0. The third-order valence-electron chi connectivity index (χ3n) is 5.12. The van der Waals surface area contributed by atoms with E-state index in [1.165, 1.54) is 17.9 Å². The Morgan fingerprint density at radius 1 is 1.09 bits per heavy atom. The van der Waals surface area contributed by atoms with Crippen LogP contribution in [0.15, 0.2) is 59.5 Å². The number of nitrogens with zero attached hydrogens (tertiary/aromatic N) is 4. The van der Waals surface area contributed by atoms with E-state index in [9.17, 15) is 9.59 Å². The van der Waals surface area contributed by atoms with Crippen molar-refractivity contribution in [1.29, 1.82) is 0 Å². The van der Waals surface area contributed by atoms with Crippen LogP contribution in [0, 0.1) is 6.92 Å².